The third kappa shape index (κ3) is 1.53. The second-order valence-electron chi connectivity index (χ2n) is 5.24. The van der Waals surface area contributed by atoms with Gasteiger partial charge in [-0.25, -0.2) is 0 Å². The Balaban J connectivity index is 1.81. The van der Waals surface area contributed by atoms with E-state index in [0.29, 0.717) is 0 Å². The Morgan fingerprint density at radius 3 is 1.83 bits per heavy atom. The van der Waals surface area contributed by atoms with Gasteiger partial charge in [0.25, 0.3) is 0 Å². The minimum absolute atomic E-state index is 1.02. The van der Waals surface area contributed by atoms with Gasteiger partial charge in [-0.3, -0.25) is 0 Å². The molecule has 2 unspecified atom stereocenters. The summed E-state index contributed by atoms with van der Waals surface area (Å²) < 4.78 is 0. The highest BCUT2D eigenvalue weighted by molar-refractivity contribution is 4.85. The second-order valence-corrected chi connectivity index (χ2v) is 5.24. The lowest BCUT2D eigenvalue weighted by molar-refractivity contribution is 0.0816. The molecule has 2 aliphatic carbocycles. The number of rotatable bonds is 1. The van der Waals surface area contributed by atoms with Crippen LogP contribution in [0.4, 0.5) is 0 Å². The monoisotopic (exact) mass is 166 g/mol. The molecule has 12 heavy (non-hydrogen) atoms. The highest BCUT2D eigenvalue weighted by Crippen LogP contribution is 2.45. The molecule has 0 nitrogen and oxygen atoms in total. The van der Waals surface area contributed by atoms with Gasteiger partial charge in [-0.1, -0.05) is 33.1 Å². The summed E-state index contributed by atoms with van der Waals surface area (Å²) in [6, 6.07) is 0. The molecule has 0 heteroatoms. The van der Waals surface area contributed by atoms with Crippen molar-refractivity contribution in [3.63, 3.8) is 0 Å². The highest BCUT2D eigenvalue weighted by Gasteiger charge is 2.34. The molecule has 0 radical (unpaired) electrons. The first-order valence-corrected chi connectivity index (χ1v) is 5.77. The number of hydrogen-bond acceptors (Lipinski definition) is 0. The van der Waals surface area contributed by atoms with Gasteiger partial charge in [-0.05, 0) is 42.9 Å². The van der Waals surface area contributed by atoms with Crippen molar-refractivity contribution in [1.82, 2.24) is 0 Å². The average molecular weight is 166 g/mol. The summed E-state index contributed by atoms with van der Waals surface area (Å²) in [5.74, 6) is 4.32. The van der Waals surface area contributed by atoms with Crippen LogP contribution in [0.2, 0.25) is 0 Å². The van der Waals surface area contributed by atoms with Gasteiger partial charge in [0.15, 0.2) is 0 Å². The van der Waals surface area contributed by atoms with Crippen molar-refractivity contribution in [1.29, 1.82) is 0 Å². The molecular weight excluding hydrogens is 144 g/mol. The summed E-state index contributed by atoms with van der Waals surface area (Å²) >= 11 is 0. The van der Waals surface area contributed by atoms with E-state index in [9.17, 15) is 0 Å². The van der Waals surface area contributed by atoms with Crippen LogP contribution in [0.3, 0.4) is 0 Å². The van der Waals surface area contributed by atoms with Crippen molar-refractivity contribution in [3.05, 3.63) is 0 Å². The molecule has 0 N–H and O–H groups in total. The topological polar surface area (TPSA) is 0 Å². The van der Waals surface area contributed by atoms with Gasteiger partial charge >= 0.3 is 0 Å². The van der Waals surface area contributed by atoms with Gasteiger partial charge < -0.3 is 0 Å². The smallest absolute Gasteiger partial charge is 0.0360 e. The van der Waals surface area contributed by atoms with Crippen LogP contribution in [0.25, 0.3) is 0 Å². The molecule has 0 saturated heterocycles. The van der Waals surface area contributed by atoms with E-state index in [0.717, 1.165) is 23.7 Å². The zero-order chi connectivity index (χ0) is 8.55. The van der Waals surface area contributed by atoms with Gasteiger partial charge in [0.1, 0.15) is 0 Å². The molecule has 0 aromatic heterocycles. The summed E-state index contributed by atoms with van der Waals surface area (Å²) in [5, 5.41) is 0. The van der Waals surface area contributed by atoms with E-state index in [1.807, 2.05) is 0 Å². The molecule has 0 amide bonds. The highest BCUT2D eigenvalue weighted by atomic mass is 14.4. The number of hydrogen-bond donors (Lipinski definition) is 0. The Labute approximate surface area is 76.7 Å². The predicted octanol–water partition coefficient (Wildman–Crippen LogP) is 3.86. The average Bonchev–Trinajstić information content (AvgIpc) is 2.06. The zero-order valence-electron chi connectivity index (χ0n) is 8.55. The van der Waals surface area contributed by atoms with Crippen LogP contribution in [0.15, 0.2) is 0 Å². The van der Waals surface area contributed by atoms with E-state index in [1.54, 1.807) is 6.42 Å². The molecule has 0 aromatic rings. The quantitative estimate of drug-likeness (QED) is 0.555. The van der Waals surface area contributed by atoms with Crippen molar-refractivity contribution in [2.24, 2.45) is 23.7 Å². The lowest BCUT2D eigenvalue weighted by Gasteiger charge is -2.42. The summed E-state index contributed by atoms with van der Waals surface area (Å²) in [4.78, 5) is 0. The molecule has 0 aromatic carbocycles. The van der Waals surface area contributed by atoms with Gasteiger partial charge in [0, 0.05) is 0 Å². The molecule has 0 bridgehead atoms. The van der Waals surface area contributed by atoms with Crippen molar-refractivity contribution < 1.29 is 0 Å². The third-order valence-corrected chi connectivity index (χ3v) is 4.35. The fourth-order valence-electron chi connectivity index (χ4n) is 3.11. The van der Waals surface area contributed by atoms with E-state index in [1.165, 1.54) is 32.1 Å². The summed E-state index contributed by atoms with van der Waals surface area (Å²) in [5.41, 5.74) is 0. The molecule has 2 fully saturated rings. The van der Waals surface area contributed by atoms with Crippen LogP contribution >= 0.6 is 0 Å². The molecule has 0 heterocycles. The zero-order valence-corrected chi connectivity index (χ0v) is 8.55. The molecule has 2 aliphatic rings. The van der Waals surface area contributed by atoms with E-state index in [-0.39, 0.29) is 0 Å². The molecule has 70 valence electrons. The van der Waals surface area contributed by atoms with E-state index >= 15 is 0 Å². The van der Waals surface area contributed by atoms with Crippen LogP contribution in [0.5, 0.6) is 0 Å². The summed E-state index contributed by atoms with van der Waals surface area (Å²) in [6.07, 6.45) is 9.14. The lowest BCUT2D eigenvalue weighted by atomic mass is 9.63. The first kappa shape index (κ1) is 8.59. The van der Waals surface area contributed by atoms with Crippen LogP contribution < -0.4 is 0 Å². The van der Waals surface area contributed by atoms with Gasteiger partial charge in [-0.15, -0.1) is 0 Å². The Hall–Kier alpha value is 0. The fraction of sp³-hybridized carbons (Fsp3) is 1.00. The van der Waals surface area contributed by atoms with E-state index < -0.39 is 0 Å². The minimum Gasteiger partial charge on any atom is -0.0625 e. The predicted molar refractivity (Wildman–Crippen MR) is 53.0 cm³/mol. The Kier molecular flexibility index (Phi) is 2.43. The van der Waals surface area contributed by atoms with Crippen molar-refractivity contribution in [2.45, 2.75) is 52.4 Å². The molecular formula is C12H22. The van der Waals surface area contributed by atoms with Gasteiger partial charge in [0.05, 0.1) is 0 Å². The standard InChI is InChI=1S/C12H22/c1-9-3-6-11(7-4-9)12-8-5-10(12)2/h9-12H,3-8H2,1-2H3. The van der Waals surface area contributed by atoms with E-state index in [2.05, 4.69) is 13.8 Å². The maximum absolute atomic E-state index is 2.45. The summed E-state index contributed by atoms with van der Waals surface area (Å²) in [6.45, 7) is 4.87. The molecule has 0 aliphatic heterocycles. The minimum atomic E-state index is 1.02. The Bertz CT molecular complexity index is 142. The van der Waals surface area contributed by atoms with Crippen LogP contribution in [0, 0.1) is 23.7 Å². The largest absolute Gasteiger partial charge is 0.0625 e. The van der Waals surface area contributed by atoms with Gasteiger partial charge in [-0.2, -0.15) is 0 Å². The Morgan fingerprint density at radius 1 is 0.750 bits per heavy atom. The fourth-order valence-corrected chi connectivity index (χ4v) is 3.11. The molecule has 2 saturated carbocycles. The van der Waals surface area contributed by atoms with Crippen molar-refractivity contribution in [2.75, 3.05) is 0 Å². The van der Waals surface area contributed by atoms with Crippen LogP contribution in [-0.4, -0.2) is 0 Å². The Morgan fingerprint density at radius 2 is 1.42 bits per heavy atom. The molecule has 2 rings (SSSR count). The maximum Gasteiger partial charge on any atom is -0.0360 e. The molecule has 0 spiro atoms. The SMILES string of the molecule is CC1CCC(C2CCC2C)CC1. The van der Waals surface area contributed by atoms with Crippen LogP contribution in [0.1, 0.15) is 52.4 Å². The third-order valence-electron chi connectivity index (χ3n) is 4.35. The van der Waals surface area contributed by atoms with Crippen LogP contribution in [-0.2, 0) is 0 Å². The maximum atomic E-state index is 2.45. The van der Waals surface area contributed by atoms with Gasteiger partial charge in [0.2, 0.25) is 0 Å². The lowest BCUT2D eigenvalue weighted by Crippen LogP contribution is -2.32. The van der Waals surface area contributed by atoms with Crippen molar-refractivity contribution in [3.8, 4) is 0 Å². The first-order valence-electron chi connectivity index (χ1n) is 5.77. The van der Waals surface area contributed by atoms with Crippen molar-refractivity contribution >= 4 is 0 Å². The second kappa shape index (κ2) is 3.40. The summed E-state index contributed by atoms with van der Waals surface area (Å²) in [7, 11) is 0. The first-order chi connectivity index (χ1) is 5.77. The molecule has 2 atom stereocenters. The normalized spacial score (nSPS) is 48.5. The van der Waals surface area contributed by atoms with E-state index in [4.69, 9.17) is 0 Å².